The van der Waals surface area contributed by atoms with Crippen LogP contribution in [0.4, 0.5) is 0 Å². The van der Waals surface area contributed by atoms with Gasteiger partial charge in [-0.15, -0.1) is 0 Å². The van der Waals surface area contributed by atoms with E-state index in [1.807, 2.05) is 24.3 Å². The van der Waals surface area contributed by atoms with Gasteiger partial charge in [-0.1, -0.05) is 63.8 Å². The van der Waals surface area contributed by atoms with E-state index in [-0.39, 0.29) is 5.04 Å². The van der Waals surface area contributed by atoms with E-state index in [0.29, 0.717) is 0 Å². The fourth-order valence-electron chi connectivity index (χ4n) is 1.67. The van der Waals surface area contributed by atoms with Crippen molar-refractivity contribution in [3.8, 4) is 0 Å². The second-order valence-electron chi connectivity index (χ2n) is 6.54. The van der Waals surface area contributed by atoms with Gasteiger partial charge in [0.1, 0.15) is 0 Å². The van der Waals surface area contributed by atoms with Crippen LogP contribution >= 0.6 is 0 Å². The van der Waals surface area contributed by atoms with Gasteiger partial charge in [-0.25, -0.2) is 0 Å². The Balaban J connectivity index is 3.09. The van der Waals surface area contributed by atoms with Crippen LogP contribution in [0, 0.1) is 0 Å². The molecule has 1 unspecified atom stereocenters. The average Bonchev–Trinajstić information content (AvgIpc) is 2.28. The molecule has 0 bridgehead atoms. The van der Waals surface area contributed by atoms with Crippen molar-refractivity contribution in [2.45, 2.75) is 51.4 Å². The molecule has 0 saturated heterocycles. The third kappa shape index (κ3) is 3.12. The van der Waals surface area contributed by atoms with Crippen molar-refractivity contribution in [3.05, 3.63) is 48.6 Å². The summed E-state index contributed by atoms with van der Waals surface area (Å²) in [5, 5.41) is 0.200. The van der Waals surface area contributed by atoms with Crippen LogP contribution < -0.4 is 0 Å². The molecule has 1 aromatic rings. The molecule has 0 spiro atoms. The van der Waals surface area contributed by atoms with Gasteiger partial charge in [0.15, 0.2) is 8.32 Å². The molecule has 1 nitrogen and oxygen atoms in total. The first-order chi connectivity index (χ1) is 8.12. The normalized spacial score (nSPS) is 16.1. The first kappa shape index (κ1) is 15.2. The number of rotatable bonds is 4. The van der Waals surface area contributed by atoms with Crippen LogP contribution in [0.2, 0.25) is 18.1 Å². The third-order valence-electron chi connectivity index (χ3n) is 4.01. The topological polar surface area (TPSA) is 9.23 Å². The second kappa shape index (κ2) is 5.02. The lowest BCUT2D eigenvalue weighted by Crippen LogP contribution is -2.46. The highest BCUT2D eigenvalue weighted by molar-refractivity contribution is 6.74. The van der Waals surface area contributed by atoms with E-state index < -0.39 is 13.9 Å². The largest absolute Gasteiger partial charge is 0.404 e. The summed E-state index contributed by atoms with van der Waals surface area (Å²) in [7, 11) is -1.82. The van der Waals surface area contributed by atoms with E-state index in [1.54, 1.807) is 0 Å². The highest BCUT2D eigenvalue weighted by Gasteiger charge is 2.42. The zero-order valence-electron chi connectivity index (χ0n) is 12.6. The van der Waals surface area contributed by atoms with Gasteiger partial charge in [0.2, 0.25) is 0 Å². The molecule has 0 aliphatic rings. The molecular formula is C16H26OSi. The van der Waals surface area contributed by atoms with Gasteiger partial charge < -0.3 is 4.43 Å². The average molecular weight is 262 g/mol. The van der Waals surface area contributed by atoms with Crippen molar-refractivity contribution < 1.29 is 4.43 Å². The van der Waals surface area contributed by atoms with Gasteiger partial charge in [0.25, 0.3) is 0 Å². The van der Waals surface area contributed by atoms with Crippen LogP contribution in [0.15, 0.2) is 43.0 Å². The van der Waals surface area contributed by atoms with Crippen molar-refractivity contribution in [1.82, 2.24) is 0 Å². The predicted molar refractivity (Wildman–Crippen MR) is 82.3 cm³/mol. The molecule has 0 N–H and O–H groups in total. The molecule has 1 aromatic carbocycles. The lowest BCUT2D eigenvalue weighted by atomic mass is 9.97. The monoisotopic (exact) mass is 262 g/mol. The number of hydrogen-bond acceptors (Lipinski definition) is 1. The number of hydrogen-bond donors (Lipinski definition) is 0. The van der Waals surface area contributed by atoms with Crippen LogP contribution in [-0.4, -0.2) is 8.32 Å². The van der Waals surface area contributed by atoms with E-state index in [0.717, 1.165) is 0 Å². The molecule has 0 aliphatic heterocycles. The van der Waals surface area contributed by atoms with Crippen LogP contribution in [0.1, 0.15) is 33.3 Å². The maximum absolute atomic E-state index is 6.55. The second-order valence-corrected chi connectivity index (χ2v) is 11.3. The van der Waals surface area contributed by atoms with Crippen molar-refractivity contribution in [2.24, 2.45) is 0 Å². The predicted octanol–water partition coefficient (Wildman–Crippen LogP) is 5.11. The SMILES string of the molecule is C=CC(C)(O[Si](C)(C)C(C)(C)C)c1ccccc1. The standard InChI is InChI=1S/C16H26OSi/c1-8-16(5,14-12-10-9-11-13-14)17-18(6,7)15(2,3)4/h8-13H,1H2,2-7H3. The molecule has 18 heavy (non-hydrogen) atoms. The van der Waals surface area contributed by atoms with Crippen molar-refractivity contribution in [3.63, 3.8) is 0 Å². The van der Waals surface area contributed by atoms with Crippen molar-refractivity contribution >= 4 is 8.32 Å². The third-order valence-corrected chi connectivity index (χ3v) is 8.56. The molecule has 0 aliphatic carbocycles. The molecule has 0 amide bonds. The smallest absolute Gasteiger partial charge is 0.193 e. The summed E-state index contributed by atoms with van der Waals surface area (Å²) in [6, 6.07) is 10.3. The Morgan fingerprint density at radius 1 is 1.06 bits per heavy atom. The summed E-state index contributed by atoms with van der Waals surface area (Å²) in [4.78, 5) is 0. The fraction of sp³-hybridized carbons (Fsp3) is 0.500. The summed E-state index contributed by atoms with van der Waals surface area (Å²) in [6.45, 7) is 17.4. The van der Waals surface area contributed by atoms with E-state index in [4.69, 9.17) is 4.43 Å². The molecule has 1 rings (SSSR count). The van der Waals surface area contributed by atoms with Gasteiger partial charge in [-0.2, -0.15) is 0 Å². The lowest BCUT2D eigenvalue weighted by molar-refractivity contribution is 0.122. The summed E-state index contributed by atoms with van der Waals surface area (Å²) in [6.07, 6.45) is 1.92. The first-order valence-corrected chi connectivity index (χ1v) is 9.42. The van der Waals surface area contributed by atoms with Gasteiger partial charge in [0.05, 0.1) is 5.60 Å². The Bertz CT molecular complexity index is 403. The quantitative estimate of drug-likeness (QED) is 0.541. The van der Waals surface area contributed by atoms with Crippen molar-refractivity contribution in [2.75, 3.05) is 0 Å². The summed E-state index contributed by atoms with van der Waals surface area (Å²) < 4.78 is 6.55. The minimum absolute atomic E-state index is 0.200. The zero-order chi connectivity index (χ0) is 14.0. The van der Waals surface area contributed by atoms with E-state index in [1.165, 1.54) is 5.56 Å². The molecule has 1 atom stereocenters. The Morgan fingerprint density at radius 2 is 1.56 bits per heavy atom. The summed E-state index contributed by atoms with van der Waals surface area (Å²) in [5.74, 6) is 0. The lowest BCUT2D eigenvalue weighted by Gasteiger charge is -2.43. The Labute approximate surface area is 113 Å². The van der Waals surface area contributed by atoms with Gasteiger partial charge in [0, 0.05) is 0 Å². The van der Waals surface area contributed by atoms with E-state index in [9.17, 15) is 0 Å². The van der Waals surface area contributed by atoms with E-state index in [2.05, 4.69) is 59.5 Å². The Morgan fingerprint density at radius 3 is 1.94 bits per heavy atom. The van der Waals surface area contributed by atoms with Gasteiger partial charge in [-0.05, 0) is 30.6 Å². The maximum atomic E-state index is 6.55. The van der Waals surface area contributed by atoms with Crippen LogP contribution in [-0.2, 0) is 10.0 Å². The van der Waals surface area contributed by atoms with E-state index >= 15 is 0 Å². The molecule has 0 aromatic heterocycles. The molecule has 2 heteroatoms. The van der Waals surface area contributed by atoms with Crippen LogP contribution in [0.5, 0.6) is 0 Å². The van der Waals surface area contributed by atoms with Crippen LogP contribution in [0.3, 0.4) is 0 Å². The highest BCUT2D eigenvalue weighted by Crippen LogP contribution is 2.42. The molecule has 100 valence electrons. The highest BCUT2D eigenvalue weighted by atomic mass is 28.4. The molecular weight excluding hydrogens is 236 g/mol. The van der Waals surface area contributed by atoms with Gasteiger partial charge in [-0.3, -0.25) is 0 Å². The van der Waals surface area contributed by atoms with Crippen LogP contribution in [0.25, 0.3) is 0 Å². The minimum Gasteiger partial charge on any atom is -0.404 e. The molecule has 0 fully saturated rings. The first-order valence-electron chi connectivity index (χ1n) is 6.52. The zero-order valence-corrected chi connectivity index (χ0v) is 13.6. The number of benzene rings is 1. The van der Waals surface area contributed by atoms with Crippen molar-refractivity contribution in [1.29, 1.82) is 0 Å². The Kier molecular flexibility index (Phi) is 4.24. The summed E-state index contributed by atoms with van der Waals surface area (Å²) in [5.41, 5.74) is 0.773. The fourth-order valence-corrected chi connectivity index (χ4v) is 3.24. The molecule has 0 radical (unpaired) electrons. The Hall–Kier alpha value is -0.863. The maximum Gasteiger partial charge on any atom is 0.193 e. The minimum atomic E-state index is -1.82. The summed E-state index contributed by atoms with van der Waals surface area (Å²) >= 11 is 0. The van der Waals surface area contributed by atoms with Gasteiger partial charge >= 0.3 is 0 Å². The molecule has 0 saturated carbocycles. The molecule has 0 heterocycles.